The number of aryl methyl sites for hydroxylation is 2. The fourth-order valence-corrected chi connectivity index (χ4v) is 5.54. The first-order chi connectivity index (χ1) is 19.9. The van der Waals surface area contributed by atoms with E-state index in [0.29, 0.717) is 54.2 Å². The lowest BCUT2D eigenvalue weighted by molar-refractivity contribution is 0.0729. The smallest absolute Gasteiger partial charge is 0.290 e. The molecule has 1 aliphatic rings. The molecular weight excluding hydrogens is 518 g/mol. The Balaban J connectivity index is 1.61. The quantitative estimate of drug-likeness (QED) is 0.190. The van der Waals surface area contributed by atoms with Crippen LogP contribution in [0.5, 0.6) is 17.2 Å². The van der Waals surface area contributed by atoms with Gasteiger partial charge in [0.05, 0.1) is 37.3 Å². The summed E-state index contributed by atoms with van der Waals surface area (Å²) >= 11 is 0. The lowest BCUT2D eigenvalue weighted by atomic mass is 9.96. The molecule has 3 aromatic carbocycles. The number of hydrogen-bond acceptors (Lipinski definition) is 6. The second kappa shape index (κ2) is 12.1. The summed E-state index contributed by atoms with van der Waals surface area (Å²) in [6.45, 7) is 9.33. The highest BCUT2D eigenvalue weighted by molar-refractivity contribution is 5.99. The van der Waals surface area contributed by atoms with Gasteiger partial charge in [-0.05, 0) is 86.2 Å². The maximum Gasteiger partial charge on any atom is 0.290 e. The van der Waals surface area contributed by atoms with Crippen LogP contribution in [0.1, 0.15) is 71.1 Å². The van der Waals surface area contributed by atoms with Gasteiger partial charge in [0, 0.05) is 6.54 Å². The van der Waals surface area contributed by atoms with E-state index in [-0.39, 0.29) is 17.1 Å². The van der Waals surface area contributed by atoms with Crippen LogP contribution in [0.3, 0.4) is 0 Å². The van der Waals surface area contributed by atoms with Gasteiger partial charge in [0.2, 0.25) is 5.76 Å². The van der Waals surface area contributed by atoms with Crippen LogP contribution in [0.15, 0.2) is 63.8 Å². The summed E-state index contributed by atoms with van der Waals surface area (Å²) in [6.07, 6.45) is 2.56. The van der Waals surface area contributed by atoms with Crippen molar-refractivity contribution in [1.29, 1.82) is 0 Å². The predicted octanol–water partition coefficient (Wildman–Crippen LogP) is 6.78. The Morgan fingerprint density at radius 3 is 2.41 bits per heavy atom. The first-order valence-corrected chi connectivity index (χ1v) is 14.3. The van der Waals surface area contributed by atoms with E-state index < -0.39 is 6.04 Å². The van der Waals surface area contributed by atoms with Crippen molar-refractivity contribution >= 4 is 16.9 Å². The SMILES string of the molecule is CCCCOc1ccc(C2c3c(oc4cc(C)cc(C)c4c3=O)C(=O)N2CCc2ccc(OC)cc2)cc1OCC. The average Bonchev–Trinajstić information content (AvgIpc) is 3.24. The van der Waals surface area contributed by atoms with Gasteiger partial charge in [-0.1, -0.05) is 37.6 Å². The van der Waals surface area contributed by atoms with Crippen LogP contribution in [0, 0.1) is 13.8 Å². The third kappa shape index (κ3) is 5.53. The second-order valence-electron chi connectivity index (χ2n) is 10.5. The Kier molecular flexibility index (Phi) is 8.34. The third-order valence-electron chi connectivity index (χ3n) is 7.55. The molecule has 1 aromatic heterocycles. The van der Waals surface area contributed by atoms with E-state index in [4.69, 9.17) is 18.6 Å². The molecule has 4 aromatic rings. The van der Waals surface area contributed by atoms with Crippen molar-refractivity contribution in [1.82, 2.24) is 4.90 Å². The highest BCUT2D eigenvalue weighted by Crippen LogP contribution is 2.41. The fraction of sp³-hybridized carbons (Fsp3) is 0.353. The van der Waals surface area contributed by atoms with Crippen molar-refractivity contribution in [3.63, 3.8) is 0 Å². The Morgan fingerprint density at radius 2 is 1.71 bits per heavy atom. The molecule has 7 heteroatoms. The number of rotatable bonds is 11. The Hall–Kier alpha value is -4.26. The molecule has 0 aliphatic carbocycles. The van der Waals surface area contributed by atoms with Crippen LogP contribution in [0.25, 0.3) is 11.0 Å². The number of unbranched alkanes of at least 4 members (excludes halogenated alkanes) is 1. The minimum atomic E-state index is -0.624. The first kappa shape index (κ1) is 28.3. The molecule has 5 rings (SSSR count). The largest absolute Gasteiger partial charge is 0.497 e. The van der Waals surface area contributed by atoms with Crippen molar-refractivity contribution in [2.75, 3.05) is 26.9 Å². The number of hydrogen-bond donors (Lipinski definition) is 0. The van der Waals surface area contributed by atoms with Gasteiger partial charge in [-0.2, -0.15) is 0 Å². The van der Waals surface area contributed by atoms with Gasteiger partial charge in [-0.25, -0.2) is 0 Å². The first-order valence-electron chi connectivity index (χ1n) is 14.3. The number of carbonyl (C=O) groups is 1. The second-order valence-corrected chi connectivity index (χ2v) is 10.5. The monoisotopic (exact) mass is 555 g/mol. The van der Waals surface area contributed by atoms with E-state index in [9.17, 15) is 9.59 Å². The molecule has 0 N–H and O–H groups in total. The zero-order valence-electron chi connectivity index (χ0n) is 24.4. The molecule has 214 valence electrons. The van der Waals surface area contributed by atoms with E-state index in [1.807, 2.05) is 75.4 Å². The molecule has 0 saturated heterocycles. The van der Waals surface area contributed by atoms with Crippen LogP contribution >= 0.6 is 0 Å². The summed E-state index contributed by atoms with van der Waals surface area (Å²) in [5.41, 5.74) is 4.25. The van der Waals surface area contributed by atoms with Crippen molar-refractivity contribution in [2.45, 2.75) is 53.0 Å². The number of amides is 1. The number of ether oxygens (including phenoxy) is 3. The molecule has 41 heavy (non-hydrogen) atoms. The van der Waals surface area contributed by atoms with E-state index >= 15 is 0 Å². The van der Waals surface area contributed by atoms with Gasteiger partial charge >= 0.3 is 0 Å². The molecule has 0 fully saturated rings. The number of carbonyl (C=O) groups excluding carboxylic acids is 1. The highest BCUT2D eigenvalue weighted by atomic mass is 16.5. The average molecular weight is 556 g/mol. The molecule has 1 aliphatic heterocycles. The summed E-state index contributed by atoms with van der Waals surface area (Å²) < 4.78 is 23.5. The molecule has 1 unspecified atom stereocenters. The molecule has 0 radical (unpaired) electrons. The van der Waals surface area contributed by atoms with Crippen LogP contribution in [-0.4, -0.2) is 37.7 Å². The molecule has 1 amide bonds. The van der Waals surface area contributed by atoms with Crippen molar-refractivity contribution < 1.29 is 23.4 Å². The standard InChI is InChI=1S/C34H37NO6/c1-6-8-17-40-26-14-11-24(20-27(26)39-7-2)31-30-32(36)29-22(4)18-21(3)19-28(29)41-33(30)34(37)35(31)16-15-23-9-12-25(38-5)13-10-23/h9-14,18-20,31H,6-8,15-17H2,1-5H3. The summed E-state index contributed by atoms with van der Waals surface area (Å²) in [5, 5.41) is 0.508. The van der Waals surface area contributed by atoms with Crippen molar-refractivity contribution in [2.24, 2.45) is 0 Å². The van der Waals surface area contributed by atoms with Crippen molar-refractivity contribution in [3.8, 4) is 17.2 Å². The molecule has 1 atom stereocenters. The van der Waals surface area contributed by atoms with E-state index in [0.717, 1.165) is 40.8 Å². The molecule has 7 nitrogen and oxygen atoms in total. The van der Waals surface area contributed by atoms with Gasteiger partial charge in [-0.15, -0.1) is 0 Å². The normalized spacial score (nSPS) is 14.4. The predicted molar refractivity (Wildman–Crippen MR) is 160 cm³/mol. The van der Waals surface area contributed by atoms with Crippen molar-refractivity contribution in [3.05, 3.63) is 98.4 Å². The number of methoxy groups -OCH3 is 1. The van der Waals surface area contributed by atoms with Crippen LogP contribution in [-0.2, 0) is 6.42 Å². The third-order valence-corrected chi connectivity index (χ3v) is 7.55. The van der Waals surface area contributed by atoms with Crippen LogP contribution in [0.2, 0.25) is 0 Å². The lowest BCUT2D eigenvalue weighted by Crippen LogP contribution is -2.31. The Bertz CT molecular complexity index is 1620. The Labute approximate surface area is 240 Å². The minimum Gasteiger partial charge on any atom is -0.497 e. The topological polar surface area (TPSA) is 78.2 Å². The van der Waals surface area contributed by atoms with Gasteiger partial charge in [0.1, 0.15) is 11.3 Å². The maximum absolute atomic E-state index is 14.1. The maximum atomic E-state index is 14.1. The fourth-order valence-electron chi connectivity index (χ4n) is 5.54. The minimum absolute atomic E-state index is 0.105. The van der Waals surface area contributed by atoms with Gasteiger partial charge in [0.15, 0.2) is 16.9 Å². The summed E-state index contributed by atoms with van der Waals surface area (Å²) in [6, 6.07) is 16.6. The molecule has 0 saturated carbocycles. The summed E-state index contributed by atoms with van der Waals surface area (Å²) in [5.74, 6) is 1.82. The lowest BCUT2D eigenvalue weighted by Gasteiger charge is -2.26. The zero-order valence-corrected chi connectivity index (χ0v) is 24.4. The van der Waals surface area contributed by atoms with E-state index in [2.05, 4.69) is 6.92 Å². The van der Waals surface area contributed by atoms with Crippen LogP contribution < -0.4 is 19.6 Å². The van der Waals surface area contributed by atoms with E-state index in [1.165, 1.54) is 0 Å². The number of benzene rings is 3. The van der Waals surface area contributed by atoms with Gasteiger partial charge in [-0.3, -0.25) is 9.59 Å². The summed E-state index contributed by atoms with van der Waals surface area (Å²) in [7, 11) is 1.63. The van der Waals surface area contributed by atoms with Gasteiger partial charge < -0.3 is 23.5 Å². The Morgan fingerprint density at radius 1 is 0.927 bits per heavy atom. The highest BCUT2D eigenvalue weighted by Gasteiger charge is 2.43. The molecule has 0 bridgehead atoms. The number of nitrogens with zero attached hydrogens (tertiary/aromatic N) is 1. The zero-order chi connectivity index (χ0) is 29.1. The van der Waals surface area contributed by atoms with Crippen LogP contribution in [0.4, 0.5) is 0 Å². The molecule has 0 spiro atoms. The number of fused-ring (bicyclic) bond motifs is 2. The molecule has 2 heterocycles. The van der Waals surface area contributed by atoms with E-state index in [1.54, 1.807) is 12.0 Å². The van der Waals surface area contributed by atoms with Gasteiger partial charge in [0.25, 0.3) is 5.91 Å². The summed E-state index contributed by atoms with van der Waals surface area (Å²) in [4.78, 5) is 29.8. The molecular formula is C34H37NO6.